The molecule has 6 nitrogen and oxygen atoms in total. The first-order chi connectivity index (χ1) is 8.01. The number of amides is 1. The molecule has 0 unspecified atom stereocenters. The highest BCUT2D eigenvalue weighted by Crippen LogP contribution is 2.21. The van der Waals surface area contributed by atoms with E-state index in [1.54, 1.807) is 11.7 Å². The van der Waals surface area contributed by atoms with Crippen molar-refractivity contribution in [2.24, 2.45) is 12.8 Å². The summed E-state index contributed by atoms with van der Waals surface area (Å²) in [5.41, 5.74) is 7.70. The number of hydrogen-bond acceptors (Lipinski definition) is 4. The van der Waals surface area contributed by atoms with Crippen LogP contribution >= 0.6 is 0 Å². The number of nitrogens with two attached hydrogens (primary N) is 1. The number of rotatable bonds is 5. The molecular formula is C11H21N5O. The first kappa shape index (κ1) is 13.5. The maximum absolute atomic E-state index is 11.2. The van der Waals surface area contributed by atoms with Gasteiger partial charge in [-0.2, -0.15) is 5.10 Å². The van der Waals surface area contributed by atoms with Crippen LogP contribution in [0, 0.1) is 6.92 Å². The number of nitrogens with zero attached hydrogens (tertiary/aromatic N) is 3. The number of carbonyl (C=O) groups is 1. The molecule has 17 heavy (non-hydrogen) atoms. The first-order valence-electron chi connectivity index (χ1n) is 5.65. The topological polar surface area (TPSA) is 76.2 Å². The molecule has 0 aromatic carbocycles. The zero-order valence-corrected chi connectivity index (χ0v) is 10.9. The summed E-state index contributed by atoms with van der Waals surface area (Å²) in [5.74, 6) is 1.01. The Kier molecular flexibility index (Phi) is 4.51. The van der Waals surface area contributed by atoms with Crippen LogP contribution in [0.4, 0.5) is 5.82 Å². The second-order valence-electron chi connectivity index (χ2n) is 4.06. The van der Waals surface area contributed by atoms with Crippen LogP contribution in [0.2, 0.25) is 0 Å². The van der Waals surface area contributed by atoms with Crippen molar-refractivity contribution in [3.05, 3.63) is 11.3 Å². The van der Waals surface area contributed by atoms with Gasteiger partial charge in [-0.1, -0.05) is 0 Å². The van der Waals surface area contributed by atoms with Crippen LogP contribution in [0.5, 0.6) is 0 Å². The summed E-state index contributed by atoms with van der Waals surface area (Å²) in [7, 11) is 5.47. The van der Waals surface area contributed by atoms with E-state index in [0.717, 1.165) is 17.1 Å². The highest BCUT2D eigenvalue weighted by molar-refractivity contribution is 5.76. The molecule has 0 saturated carbocycles. The average Bonchev–Trinajstić information content (AvgIpc) is 2.59. The van der Waals surface area contributed by atoms with Gasteiger partial charge in [-0.05, 0) is 6.92 Å². The Morgan fingerprint density at radius 1 is 1.59 bits per heavy atom. The molecule has 0 aliphatic rings. The van der Waals surface area contributed by atoms with Gasteiger partial charge >= 0.3 is 0 Å². The molecule has 0 bridgehead atoms. The largest absolute Gasteiger partial charge is 0.359 e. The zero-order valence-electron chi connectivity index (χ0n) is 10.9. The van der Waals surface area contributed by atoms with Gasteiger partial charge in [0.2, 0.25) is 5.91 Å². The van der Waals surface area contributed by atoms with E-state index in [2.05, 4.69) is 10.4 Å². The Hall–Kier alpha value is -1.56. The minimum absolute atomic E-state index is 0.0324. The monoisotopic (exact) mass is 239 g/mol. The number of anilines is 1. The van der Waals surface area contributed by atoms with E-state index < -0.39 is 0 Å². The summed E-state index contributed by atoms with van der Waals surface area (Å²) in [6, 6.07) is 0. The van der Waals surface area contributed by atoms with E-state index in [1.165, 1.54) is 0 Å². The van der Waals surface area contributed by atoms with Crippen LogP contribution in [0.15, 0.2) is 0 Å². The number of nitrogens with one attached hydrogen (secondary N) is 1. The minimum atomic E-state index is 0.0324. The lowest BCUT2D eigenvalue weighted by Gasteiger charge is -2.20. The lowest BCUT2D eigenvalue weighted by Crippen LogP contribution is -2.28. The van der Waals surface area contributed by atoms with Gasteiger partial charge in [-0.3, -0.25) is 9.48 Å². The first-order valence-corrected chi connectivity index (χ1v) is 5.65. The van der Waals surface area contributed by atoms with Crippen molar-refractivity contribution in [3.63, 3.8) is 0 Å². The fourth-order valence-electron chi connectivity index (χ4n) is 1.91. The molecule has 1 aromatic rings. The Morgan fingerprint density at radius 3 is 2.76 bits per heavy atom. The van der Waals surface area contributed by atoms with Crippen LogP contribution in [0.1, 0.15) is 17.7 Å². The smallest absolute Gasteiger partial charge is 0.221 e. The Morgan fingerprint density at radius 2 is 2.24 bits per heavy atom. The van der Waals surface area contributed by atoms with Crippen LogP contribution in [0.25, 0.3) is 0 Å². The molecule has 0 atom stereocenters. The van der Waals surface area contributed by atoms with Gasteiger partial charge in [0.25, 0.3) is 0 Å². The Labute approximate surface area is 102 Å². The molecule has 0 radical (unpaired) electrons. The normalized spacial score (nSPS) is 10.4. The van der Waals surface area contributed by atoms with E-state index in [-0.39, 0.29) is 5.91 Å². The molecule has 0 saturated heterocycles. The standard InChI is InChI=1S/C11H21N5O/c1-8-9(7-12)11(16(4)14-8)15(3)6-5-10(17)13-2/h5-7,12H2,1-4H3,(H,13,17). The minimum Gasteiger partial charge on any atom is -0.359 e. The van der Waals surface area contributed by atoms with Crippen molar-refractivity contribution >= 4 is 11.7 Å². The van der Waals surface area contributed by atoms with Crippen molar-refractivity contribution in [1.82, 2.24) is 15.1 Å². The van der Waals surface area contributed by atoms with Gasteiger partial charge < -0.3 is 16.0 Å². The van der Waals surface area contributed by atoms with Gasteiger partial charge in [-0.15, -0.1) is 0 Å². The molecule has 0 spiro atoms. The van der Waals surface area contributed by atoms with Crippen molar-refractivity contribution < 1.29 is 4.79 Å². The van der Waals surface area contributed by atoms with Gasteiger partial charge in [0.15, 0.2) is 0 Å². The molecule has 1 aromatic heterocycles. The summed E-state index contributed by atoms with van der Waals surface area (Å²) in [6.07, 6.45) is 0.460. The van der Waals surface area contributed by atoms with Crippen LogP contribution in [-0.2, 0) is 18.4 Å². The molecule has 0 aliphatic heterocycles. The third-order valence-corrected chi connectivity index (χ3v) is 2.83. The maximum atomic E-state index is 11.2. The van der Waals surface area contributed by atoms with Crippen molar-refractivity contribution in [1.29, 1.82) is 0 Å². The van der Waals surface area contributed by atoms with Gasteiger partial charge in [0, 0.05) is 46.2 Å². The van der Waals surface area contributed by atoms with Gasteiger partial charge in [-0.25, -0.2) is 0 Å². The Bertz CT molecular complexity index is 399. The highest BCUT2D eigenvalue weighted by atomic mass is 16.1. The fourth-order valence-corrected chi connectivity index (χ4v) is 1.91. The third kappa shape index (κ3) is 2.97. The van der Waals surface area contributed by atoms with Crippen molar-refractivity contribution in [3.8, 4) is 0 Å². The second-order valence-corrected chi connectivity index (χ2v) is 4.06. The molecule has 96 valence electrons. The predicted molar refractivity (Wildman–Crippen MR) is 67.8 cm³/mol. The van der Waals surface area contributed by atoms with E-state index in [4.69, 9.17) is 5.73 Å². The number of aryl methyl sites for hydroxylation is 2. The van der Waals surface area contributed by atoms with Gasteiger partial charge in [0.05, 0.1) is 5.69 Å². The third-order valence-electron chi connectivity index (χ3n) is 2.83. The molecule has 0 aliphatic carbocycles. The molecule has 3 N–H and O–H groups in total. The summed E-state index contributed by atoms with van der Waals surface area (Å²) in [6.45, 7) is 3.04. The van der Waals surface area contributed by atoms with Crippen molar-refractivity contribution in [2.45, 2.75) is 19.9 Å². The van der Waals surface area contributed by atoms with Crippen molar-refractivity contribution in [2.75, 3.05) is 25.5 Å². The summed E-state index contributed by atoms with van der Waals surface area (Å²) in [4.78, 5) is 13.2. The maximum Gasteiger partial charge on any atom is 0.221 e. The molecule has 6 heteroatoms. The quantitative estimate of drug-likeness (QED) is 0.743. The molecule has 0 fully saturated rings. The Balaban J connectivity index is 2.81. The van der Waals surface area contributed by atoms with Crippen LogP contribution in [0.3, 0.4) is 0 Å². The number of carbonyl (C=O) groups excluding carboxylic acids is 1. The molecular weight excluding hydrogens is 218 g/mol. The van der Waals surface area contributed by atoms with E-state index in [9.17, 15) is 4.79 Å². The highest BCUT2D eigenvalue weighted by Gasteiger charge is 2.15. The fraction of sp³-hybridized carbons (Fsp3) is 0.636. The molecule has 1 amide bonds. The van der Waals surface area contributed by atoms with Crippen LogP contribution in [-0.4, -0.2) is 36.3 Å². The van der Waals surface area contributed by atoms with E-state index in [0.29, 0.717) is 19.5 Å². The second kappa shape index (κ2) is 5.67. The van der Waals surface area contributed by atoms with Gasteiger partial charge in [0.1, 0.15) is 5.82 Å². The molecule has 1 rings (SSSR count). The van der Waals surface area contributed by atoms with E-state index >= 15 is 0 Å². The SMILES string of the molecule is CNC(=O)CCN(C)c1c(CN)c(C)nn1C. The molecule has 1 heterocycles. The van der Waals surface area contributed by atoms with Crippen LogP contribution < -0.4 is 16.0 Å². The predicted octanol–water partition coefficient (Wildman–Crippen LogP) is -0.240. The van der Waals surface area contributed by atoms with E-state index in [1.807, 2.05) is 25.9 Å². The zero-order chi connectivity index (χ0) is 13.0. The number of hydrogen-bond donors (Lipinski definition) is 2. The number of aromatic nitrogens is 2. The lowest BCUT2D eigenvalue weighted by atomic mass is 10.2. The average molecular weight is 239 g/mol. The lowest BCUT2D eigenvalue weighted by molar-refractivity contribution is -0.120. The summed E-state index contributed by atoms with van der Waals surface area (Å²) < 4.78 is 1.81. The summed E-state index contributed by atoms with van der Waals surface area (Å²) >= 11 is 0. The summed E-state index contributed by atoms with van der Waals surface area (Å²) in [5, 5.41) is 6.95.